The number of carbonyl (C=O) groups is 1. The van der Waals surface area contributed by atoms with Crippen molar-refractivity contribution in [3.05, 3.63) is 29.8 Å². The highest BCUT2D eigenvalue weighted by Crippen LogP contribution is 2.12. The minimum absolute atomic E-state index is 0.250. The largest absolute Gasteiger partial charge is 0.497 e. The van der Waals surface area contributed by atoms with E-state index in [9.17, 15) is 4.79 Å². The Hall–Kier alpha value is -1.55. The molecule has 1 atom stereocenters. The first-order chi connectivity index (χ1) is 7.67. The summed E-state index contributed by atoms with van der Waals surface area (Å²) in [6.45, 7) is 2.17. The van der Waals surface area contributed by atoms with Gasteiger partial charge in [0, 0.05) is 7.11 Å². The molecule has 0 spiro atoms. The van der Waals surface area contributed by atoms with Gasteiger partial charge in [-0.05, 0) is 31.2 Å². The van der Waals surface area contributed by atoms with E-state index < -0.39 is 0 Å². The number of benzene rings is 1. The van der Waals surface area contributed by atoms with Gasteiger partial charge >= 0.3 is 5.97 Å². The molecule has 0 saturated heterocycles. The van der Waals surface area contributed by atoms with Crippen molar-refractivity contribution < 1.29 is 19.0 Å². The van der Waals surface area contributed by atoms with Crippen LogP contribution >= 0.6 is 0 Å². The molecular formula is C12H16O4. The Balaban J connectivity index is 2.59. The van der Waals surface area contributed by atoms with Crippen LogP contribution in [0, 0.1) is 0 Å². The van der Waals surface area contributed by atoms with Gasteiger partial charge in [-0.2, -0.15) is 0 Å². The Morgan fingerprint density at radius 1 is 1.25 bits per heavy atom. The summed E-state index contributed by atoms with van der Waals surface area (Å²) in [6.07, 6.45) is -0.250. The molecule has 0 aliphatic carbocycles. The first-order valence-electron chi connectivity index (χ1n) is 5.01. The molecule has 4 heteroatoms. The molecule has 0 aliphatic rings. The molecule has 0 bridgehead atoms. The van der Waals surface area contributed by atoms with E-state index in [1.165, 1.54) is 0 Å². The van der Waals surface area contributed by atoms with E-state index in [2.05, 4.69) is 0 Å². The zero-order valence-corrected chi connectivity index (χ0v) is 9.73. The SMILES string of the molecule is COCC(C)OC(=O)c1ccc(OC)cc1. The summed E-state index contributed by atoms with van der Waals surface area (Å²) in [5.41, 5.74) is 0.503. The van der Waals surface area contributed by atoms with Crippen LogP contribution in [-0.4, -0.2) is 32.9 Å². The van der Waals surface area contributed by atoms with E-state index >= 15 is 0 Å². The zero-order valence-electron chi connectivity index (χ0n) is 9.73. The van der Waals surface area contributed by atoms with Crippen molar-refractivity contribution in [3.8, 4) is 5.75 Å². The fraction of sp³-hybridized carbons (Fsp3) is 0.417. The second-order valence-electron chi connectivity index (χ2n) is 3.40. The van der Waals surface area contributed by atoms with Crippen molar-refractivity contribution in [1.29, 1.82) is 0 Å². The molecule has 1 rings (SSSR count). The summed E-state index contributed by atoms with van der Waals surface area (Å²) in [4.78, 5) is 11.6. The molecule has 0 aliphatic heterocycles. The van der Waals surface area contributed by atoms with Crippen LogP contribution < -0.4 is 4.74 Å². The lowest BCUT2D eigenvalue weighted by Crippen LogP contribution is -2.19. The molecule has 0 radical (unpaired) electrons. The fourth-order valence-corrected chi connectivity index (χ4v) is 1.25. The Morgan fingerprint density at radius 2 is 1.88 bits per heavy atom. The lowest BCUT2D eigenvalue weighted by Gasteiger charge is -2.12. The maximum Gasteiger partial charge on any atom is 0.338 e. The highest BCUT2D eigenvalue weighted by Gasteiger charge is 2.11. The summed E-state index contributed by atoms with van der Waals surface area (Å²) >= 11 is 0. The molecule has 0 N–H and O–H groups in total. The third-order valence-electron chi connectivity index (χ3n) is 2.04. The van der Waals surface area contributed by atoms with Crippen LogP contribution in [0.15, 0.2) is 24.3 Å². The van der Waals surface area contributed by atoms with Crippen LogP contribution in [-0.2, 0) is 9.47 Å². The molecule has 0 amide bonds. The van der Waals surface area contributed by atoms with Crippen LogP contribution in [0.5, 0.6) is 5.75 Å². The van der Waals surface area contributed by atoms with Crippen molar-refractivity contribution in [3.63, 3.8) is 0 Å². The number of hydrogen-bond acceptors (Lipinski definition) is 4. The Kier molecular flexibility index (Phi) is 4.79. The number of methoxy groups -OCH3 is 2. The summed E-state index contributed by atoms with van der Waals surface area (Å²) in [5.74, 6) is 0.355. The van der Waals surface area contributed by atoms with E-state index in [-0.39, 0.29) is 12.1 Å². The first-order valence-corrected chi connectivity index (χ1v) is 5.01. The summed E-state index contributed by atoms with van der Waals surface area (Å²) in [5, 5.41) is 0. The normalized spacial score (nSPS) is 11.9. The van der Waals surface area contributed by atoms with Crippen molar-refractivity contribution in [2.75, 3.05) is 20.8 Å². The first kappa shape index (κ1) is 12.5. The highest BCUT2D eigenvalue weighted by molar-refractivity contribution is 5.89. The number of ether oxygens (including phenoxy) is 3. The van der Waals surface area contributed by atoms with Crippen LogP contribution in [0.2, 0.25) is 0 Å². The van der Waals surface area contributed by atoms with E-state index in [0.29, 0.717) is 17.9 Å². The predicted octanol–water partition coefficient (Wildman–Crippen LogP) is 1.89. The maximum atomic E-state index is 11.6. The standard InChI is InChI=1S/C12H16O4/c1-9(8-14-2)16-12(13)10-4-6-11(15-3)7-5-10/h4-7,9H,8H2,1-3H3. The third kappa shape index (κ3) is 3.55. The molecule has 1 aromatic carbocycles. The minimum atomic E-state index is -0.354. The Bertz CT molecular complexity index is 331. The van der Waals surface area contributed by atoms with Crippen LogP contribution in [0.25, 0.3) is 0 Å². The Labute approximate surface area is 95.1 Å². The summed E-state index contributed by atoms with van der Waals surface area (Å²) < 4.78 is 15.0. The van der Waals surface area contributed by atoms with Gasteiger partial charge in [0.15, 0.2) is 0 Å². The molecule has 0 heterocycles. The summed E-state index contributed by atoms with van der Waals surface area (Å²) in [7, 11) is 3.14. The quantitative estimate of drug-likeness (QED) is 0.716. The summed E-state index contributed by atoms with van der Waals surface area (Å²) in [6, 6.07) is 6.77. The molecule has 16 heavy (non-hydrogen) atoms. The Morgan fingerprint density at radius 3 is 2.38 bits per heavy atom. The van der Waals surface area contributed by atoms with Gasteiger partial charge in [-0.1, -0.05) is 0 Å². The van der Waals surface area contributed by atoms with Gasteiger partial charge in [-0.3, -0.25) is 0 Å². The third-order valence-corrected chi connectivity index (χ3v) is 2.04. The zero-order chi connectivity index (χ0) is 12.0. The van der Waals surface area contributed by atoms with E-state index in [1.807, 2.05) is 0 Å². The van der Waals surface area contributed by atoms with E-state index in [1.54, 1.807) is 45.4 Å². The lowest BCUT2D eigenvalue weighted by molar-refractivity contribution is 0.0120. The second-order valence-corrected chi connectivity index (χ2v) is 3.40. The second kappa shape index (κ2) is 6.12. The van der Waals surface area contributed by atoms with Crippen molar-refractivity contribution in [1.82, 2.24) is 0 Å². The number of carbonyl (C=O) groups excluding carboxylic acids is 1. The van der Waals surface area contributed by atoms with Gasteiger partial charge < -0.3 is 14.2 Å². The lowest BCUT2D eigenvalue weighted by atomic mass is 10.2. The molecule has 0 aromatic heterocycles. The average molecular weight is 224 g/mol. The van der Waals surface area contributed by atoms with Crippen molar-refractivity contribution in [2.24, 2.45) is 0 Å². The molecule has 1 unspecified atom stereocenters. The molecule has 1 aromatic rings. The fourth-order valence-electron chi connectivity index (χ4n) is 1.25. The van der Waals surface area contributed by atoms with Gasteiger partial charge in [0.25, 0.3) is 0 Å². The number of rotatable bonds is 5. The van der Waals surface area contributed by atoms with Gasteiger partial charge in [0.1, 0.15) is 11.9 Å². The van der Waals surface area contributed by atoms with Crippen molar-refractivity contribution in [2.45, 2.75) is 13.0 Å². The van der Waals surface area contributed by atoms with Gasteiger partial charge in [-0.15, -0.1) is 0 Å². The molecule has 4 nitrogen and oxygen atoms in total. The molecule has 0 fully saturated rings. The highest BCUT2D eigenvalue weighted by atomic mass is 16.6. The molecule has 88 valence electrons. The topological polar surface area (TPSA) is 44.8 Å². The maximum absolute atomic E-state index is 11.6. The average Bonchev–Trinajstić information content (AvgIpc) is 2.29. The monoisotopic (exact) mass is 224 g/mol. The smallest absolute Gasteiger partial charge is 0.338 e. The van der Waals surface area contributed by atoms with Crippen LogP contribution in [0.1, 0.15) is 17.3 Å². The van der Waals surface area contributed by atoms with Crippen LogP contribution in [0.3, 0.4) is 0 Å². The predicted molar refractivity (Wildman–Crippen MR) is 59.7 cm³/mol. The van der Waals surface area contributed by atoms with E-state index in [0.717, 1.165) is 0 Å². The number of hydrogen-bond donors (Lipinski definition) is 0. The molecular weight excluding hydrogens is 208 g/mol. The number of esters is 1. The van der Waals surface area contributed by atoms with E-state index in [4.69, 9.17) is 14.2 Å². The minimum Gasteiger partial charge on any atom is -0.497 e. The molecule has 0 saturated carbocycles. The van der Waals surface area contributed by atoms with Gasteiger partial charge in [-0.25, -0.2) is 4.79 Å². The van der Waals surface area contributed by atoms with Crippen LogP contribution in [0.4, 0.5) is 0 Å². The van der Waals surface area contributed by atoms with Crippen molar-refractivity contribution >= 4 is 5.97 Å². The van der Waals surface area contributed by atoms with Gasteiger partial charge in [0.2, 0.25) is 0 Å². The van der Waals surface area contributed by atoms with Gasteiger partial charge in [0.05, 0.1) is 19.3 Å².